The zero-order chi connectivity index (χ0) is 22.5. The van der Waals surface area contributed by atoms with Gasteiger partial charge in [-0.25, -0.2) is 9.07 Å². The molecule has 0 bridgehead atoms. The number of carbonyl (C=O) groups excluding carboxylic acids is 2. The molecule has 0 saturated carbocycles. The molecule has 0 radical (unpaired) electrons. The molecule has 4 rings (SSSR count). The molecule has 2 amide bonds. The number of aromatic nitrogens is 2. The molecule has 2 aromatic carbocycles. The number of nitrogens with one attached hydrogen (secondary N) is 2. The van der Waals surface area contributed by atoms with E-state index in [2.05, 4.69) is 15.7 Å². The molecule has 9 heteroatoms. The second-order valence-corrected chi connectivity index (χ2v) is 7.90. The molecule has 0 aliphatic carbocycles. The molecule has 2 N–H and O–H groups in total. The number of nitrogens with zero attached hydrogens (tertiary/aromatic N) is 2. The summed E-state index contributed by atoms with van der Waals surface area (Å²) < 4.78 is 21.0. The Morgan fingerprint density at radius 1 is 1.22 bits per heavy atom. The van der Waals surface area contributed by atoms with E-state index in [1.807, 2.05) is 18.2 Å². The zero-order valence-electron chi connectivity index (χ0n) is 17.2. The Bertz CT molecular complexity index is 1150. The Balaban J connectivity index is 1.24. The number of hydrogen-bond acceptors (Lipinski definition) is 4. The van der Waals surface area contributed by atoms with Crippen molar-refractivity contribution in [2.75, 3.05) is 17.2 Å². The van der Waals surface area contributed by atoms with Crippen LogP contribution in [0.3, 0.4) is 0 Å². The Kier molecular flexibility index (Phi) is 6.70. The van der Waals surface area contributed by atoms with Crippen LogP contribution in [0, 0.1) is 5.82 Å². The Morgan fingerprint density at radius 3 is 2.94 bits per heavy atom. The predicted molar refractivity (Wildman–Crippen MR) is 119 cm³/mol. The second kappa shape index (κ2) is 9.82. The van der Waals surface area contributed by atoms with E-state index in [9.17, 15) is 14.0 Å². The van der Waals surface area contributed by atoms with E-state index in [1.165, 1.54) is 12.1 Å². The molecular weight excluding hydrogens is 435 g/mol. The van der Waals surface area contributed by atoms with Crippen LogP contribution in [0.1, 0.15) is 30.4 Å². The van der Waals surface area contributed by atoms with Crippen molar-refractivity contribution >= 4 is 34.9 Å². The van der Waals surface area contributed by atoms with E-state index in [0.29, 0.717) is 49.5 Å². The molecule has 1 aromatic heterocycles. The van der Waals surface area contributed by atoms with E-state index in [1.54, 1.807) is 23.0 Å². The topological polar surface area (TPSA) is 85.2 Å². The van der Waals surface area contributed by atoms with Gasteiger partial charge in [0.05, 0.1) is 24.4 Å². The normalized spacial score (nSPS) is 12.8. The van der Waals surface area contributed by atoms with Gasteiger partial charge in [0.1, 0.15) is 17.4 Å². The summed E-state index contributed by atoms with van der Waals surface area (Å²) >= 11 is 5.72. The van der Waals surface area contributed by atoms with Crippen LogP contribution in [-0.2, 0) is 22.6 Å². The average molecular weight is 457 g/mol. The smallest absolute Gasteiger partial charge is 0.225 e. The Labute approximate surface area is 189 Å². The van der Waals surface area contributed by atoms with Gasteiger partial charge in [0, 0.05) is 24.6 Å². The molecule has 166 valence electrons. The van der Waals surface area contributed by atoms with E-state index >= 15 is 0 Å². The number of fused-ring (bicyclic) bond motifs is 1. The first-order chi connectivity index (χ1) is 15.5. The van der Waals surface area contributed by atoms with Gasteiger partial charge >= 0.3 is 0 Å². The van der Waals surface area contributed by atoms with Crippen LogP contribution in [0.25, 0.3) is 0 Å². The van der Waals surface area contributed by atoms with Crippen LogP contribution in [0.2, 0.25) is 5.02 Å². The minimum absolute atomic E-state index is 0.0267. The third-order valence-corrected chi connectivity index (χ3v) is 5.40. The van der Waals surface area contributed by atoms with Gasteiger partial charge in [-0.1, -0.05) is 17.7 Å². The summed E-state index contributed by atoms with van der Waals surface area (Å²) in [5.41, 5.74) is 2.56. The van der Waals surface area contributed by atoms with Gasteiger partial charge in [-0.2, -0.15) is 5.10 Å². The SMILES string of the molecule is O=C1CCc2cc(OCCCC(=O)Nc3ccnn3Cc3ccc(Cl)c(F)c3)ccc2N1. The first-order valence-corrected chi connectivity index (χ1v) is 10.7. The molecule has 0 unspecified atom stereocenters. The Hall–Kier alpha value is -3.39. The maximum absolute atomic E-state index is 13.7. The number of carbonyl (C=O) groups is 2. The minimum atomic E-state index is -0.495. The fourth-order valence-corrected chi connectivity index (χ4v) is 3.57. The lowest BCUT2D eigenvalue weighted by molar-refractivity contribution is -0.117. The molecule has 0 fully saturated rings. The highest BCUT2D eigenvalue weighted by atomic mass is 35.5. The standard InChI is InChI=1S/C23H22ClFN4O3/c24-18-6-3-15(12-19(18)25)14-29-21(9-10-26-29)28-22(30)2-1-11-32-17-5-7-20-16(13-17)4-8-23(31)27-20/h3,5-7,9-10,12-13H,1-2,4,8,11,14H2,(H,27,31)(H,28,30). The molecule has 32 heavy (non-hydrogen) atoms. The van der Waals surface area contributed by atoms with Crippen LogP contribution in [0.15, 0.2) is 48.7 Å². The van der Waals surface area contributed by atoms with Crippen LogP contribution in [0.4, 0.5) is 15.9 Å². The predicted octanol–water partition coefficient (Wildman–Crippen LogP) is 4.41. The number of benzene rings is 2. The molecule has 2 heterocycles. The largest absolute Gasteiger partial charge is 0.494 e. The van der Waals surface area contributed by atoms with Gasteiger partial charge < -0.3 is 15.4 Å². The fourth-order valence-electron chi connectivity index (χ4n) is 3.45. The van der Waals surface area contributed by atoms with Gasteiger partial charge in [0.15, 0.2) is 0 Å². The van der Waals surface area contributed by atoms with Crippen molar-refractivity contribution in [1.82, 2.24) is 9.78 Å². The summed E-state index contributed by atoms with van der Waals surface area (Å²) in [5, 5.41) is 9.91. The van der Waals surface area contributed by atoms with Crippen molar-refractivity contribution in [2.24, 2.45) is 0 Å². The number of amides is 2. The molecule has 1 aliphatic heterocycles. The summed E-state index contributed by atoms with van der Waals surface area (Å²) in [6.07, 6.45) is 3.55. The molecule has 0 spiro atoms. The van der Waals surface area contributed by atoms with Crippen molar-refractivity contribution in [1.29, 1.82) is 0 Å². The average Bonchev–Trinajstić information content (AvgIpc) is 3.20. The van der Waals surface area contributed by atoms with Crippen LogP contribution < -0.4 is 15.4 Å². The fraction of sp³-hybridized carbons (Fsp3) is 0.261. The lowest BCUT2D eigenvalue weighted by atomic mass is 10.0. The number of halogens is 2. The maximum atomic E-state index is 13.7. The first-order valence-electron chi connectivity index (χ1n) is 10.3. The highest BCUT2D eigenvalue weighted by Gasteiger charge is 2.15. The van der Waals surface area contributed by atoms with Crippen LogP contribution >= 0.6 is 11.6 Å². The third-order valence-electron chi connectivity index (χ3n) is 5.09. The van der Waals surface area contributed by atoms with Gasteiger partial charge in [0.2, 0.25) is 11.8 Å². The van der Waals surface area contributed by atoms with Crippen LogP contribution in [-0.4, -0.2) is 28.2 Å². The number of ether oxygens (including phenoxy) is 1. The number of aryl methyl sites for hydroxylation is 1. The van der Waals surface area contributed by atoms with Crippen molar-refractivity contribution in [3.63, 3.8) is 0 Å². The number of rotatable bonds is 8. The summed E-state index contributed by atoms with van der Waals surface area (Å²) in [4.78, 5) is 23.8. The molecule has 0 saturated heterocycles. The van der Waals surface area contributed by atoms with Gasteiger partial charge in [-0.15, -0.1) is 0 Å². The Morgan fingerprint density at radius 2 is 2.09 bits per heavy atom. The maximum Gasteiger partial charge on any atom is 0.225 e. The molecular formula is C23H22ClFN4O3. The zero-order valence-corrected chi connectivity index (χ0v) is 18.0. The number of hydrogen-bond donors (Lipinski definition) is 2. The third kappa shape index (κ3) is 5.45. The summed E-state index contributed by atoms with van der Waals surface area (Å²) in [5.74, 6) is 0.617. The van der Waals surface area contributed by atoms with E-state index in [4.69, 9.17) is 16.3 Å². The summed E-state index contributed by atoms with van der Waals surface area (Å²) in [7, 11) is 0. The molecule has 3 aromatic rings. The van der Waals surface area contributed by atoms with E-state index in [-0.39, 0.29) is 23.3 Å². The quantitative estimate of drug-likeness (QED) is 0.492. The first kappa shape index (κ1) is 21.8. The minimum Gasteiger partial charge on any atom is -0.494 e. The molecule has 0 atom stereocenters. The van der Waals surface area contributed by atoms with E-state index < -0.39 is 5.82 Å². The van der Waals surface area contributed by atoms with Crippen molar-refractivity contribution < 1.29 is 18.7 Å². The summed E-state index contributed by atoms with van der Waals surface area (Å²) in [6, 6.07) is 11.8. The van der Waals surface area contributed by atoms with E-state index in [0.717, 1.165) is 11.3 Å². The van der Waals surface area contributed by atoms with Crippen molar-refractivity contribution in [3.8, 4) is 5.75 Å². The van der Waals surface area contributed by atoms with Gasteiger partial charge in [-0.3, -0.25) is 9.59 Å². The highest BCUT2D eigenvalue weighted by Crippen LogP contribution is 2.27. The van der Waals surface area contributed by atoms with Gasteiger partial charge in [0.25, 0.3) is 0 Å². The molecule has 7 nitrogen and oxygen atoms in total. The monoisotopic (exact) mass is 456 g/mol. The van der Waals surface area contributed by atoms with Crippen molar-refractivity contribution in [2.45, 2.75) is 32.2 Å². The molecule has 1 aliphatic rings. The number of anilines is 2. The van der Waals surface area contributed by atoms with Crippen LogP contribution in [0.5, 0.6) is 5.75 Å². The van der Waals surface area contributed by atoms with Gasteiger partial charge in [-0.05, 0) is 54.3 Å². The summed E-state index contributed by atoms with van der Waals surface area (Å²) in [6.45, 7) is 0.695. The van der Waals surface area contributed by atoms with Crippen molar-refractivity contribution in [3.05, 3.63) is 70.6 Å². The lowest BCUT2D eigenvalue weighted by Crippen LogP contribution is -2.19. The second-order valence-electron chi connectivity index (χ2n) is 7.49. The highest BCUT2D eigenvalue weighted by molar-refractivity contribution is 6.30. The lowest BCUT2D eigenvalue weighted by Gasteiger charge is -2.17.